The number of carbonyl (C=O) groups is 1. The molecule has 6 nitrogen and oxygen atoms in total. The Morgan fingerprint density at radius 2 is 2.08 bits per heavy atom. The van der Waals surface area contributed by atoms with Gasteiger partial charge in [-0.1, -0.05) is 23.7 Å². The van der Waals surface area contributed by atoms with Crippen LogP contribution in [0.3, 0.4) is 0 Å². The van der Waals surface area contributed by atoms with Crippen molar-refractivity contribution >= 4 is 23.2 Å². The maximum absolute atomic E-state index is 12.5. The van der Waals surface area contributed by atoms with Gasteiger partial charge in [-0.25, -0.2) is 0 Å². The molecule has 2 aromatic carbocycles. The van der Waals surface area contributed by atoms with Crippen molar-refractivity contribution in [2.75, 3.05) is 11.9 Å². The predicted molar refractivity (Wildman–Crippen MR) is 94.6 cm³/mol. The van der Waals surface area contributed by atoms with Crippen LogP contribution in [0.15, 0.2) is 48.7 Å². The van der Waals surface area contributed by atoms with E-state index in [1.165, 1.54) is 0 Å². The van der Waals surface area contributed by atoms with Crippen molar-refractivity contribution < 1.29 is 9.53 Å². The standard InChI is InChI=1S/C18H15ClN4O2/c19-14-3-6-17-12(8-14)7-13(10-25-17)18(24)21-15-4-1-11(2-5-15)16-9-20-23-22-16/h1-6,8-9,13H,7,10H2,(H,21,24)(H,20,22,23). The second kappa shape index (κ2) is 6.57. The summed E-state index contributed by atoms with van der Waals surface area (Å²) in [6, 6.07) is 12.9. The lowest BCUT2D eigenvalue weighted by atomic mass is 9.96. The number of H-pyrrole nitrogens is 1. The van der Waals surface area contributed by atoms with Crippen LogP contribution in [-0.2, 0) is 11.2 Å². The summed E-state index contributed by atoms with van der Waals surface area (Å²) in [6.45, 7) is 0.359. The van der Waals surface area contributed by atoms with Gasteiger partial charge in [-0.05, 0) is 42.3 Å². The number of hydrogen-bond acceptors (Lipinski definition) is 4. The van der Waals surface area contributed by atoms with E-state index in [1.807, 2.05) is 36.4 Å². The molecule has 3 aromatic rings. The summed E-state index contributed by atoms with van der Waals surface area (Å²) in [5.41, 5.74) is 3.37. The number of hydrogen-bond donors (Lipinski definition) is 2. The number of aromatic amines is 1. The maximum Gasteiger partial charge on any atom is 0.231 e. The van der Waals surface area contributed by atoms with Crippen LogP contribution in [0.4, 0.5) is 5.69 Å². The minimum Gasteiger partial charge on any atom is -0.492 e. The topological polar surface area (TPSA) is 79.9 Å². The van der Waals surface area contributed by atoms with Crippen molar-refractivity contribution in [3.63, 3.8) is 0 Å². The summed E-state index contributed by atoms with van der Waals surface area (Å²) in [5.74, 6) is 0.478. The predicted octanol–water partition coefficient (Wildman–Crippen LogP) is 3.31. The van der Waals surface area contributed by atoms with E-state index >= 15 is 0 Å². The first kappa shape index (κ1) is 15.7. The summed E-state index contributed by atoms with van der Waals surface area (Å²) >= 11 is 6.02. The van der Waals surface area contributed by atoms with Gasteiger partial charge < -0.3 is 10.1 Å². The Morgan fingerprint density at radius 1 is 1.24 bits per heavy atom. The Labute approximate surface area is 149 Å². The molecular weight excluding hydrogens is 340 g/mol. The van der Waals surface area contributed by atoms with Crippen LogP contribution in [0.2, 0.25) is 5.02 Å². The second-order valence-electron chi connectivity index (χ2n) is 5.89. The van der Waals surface area contributed by atoms with Crippen LogP contribution in [0.5, 0.6) is 5.75 Å². The molecule has 25 heavy (non-hydrogen) atoms. The van der Waals surface area contributed by atoms with Gasteiger partial charge in [0.2, 0.25) is 5.91 Å². The van der Waals surface area contributed by atoms with E-state index in [4.69, 9.17) is 16.3 Å². The Balaban J connectivity index is 1.44. The number of amides is 1. The average molecular weight is 355 g/mol. The van der Waals surface area contributed by atoms with Gasteiger partial charge >= 0.3 is 0 Å². The minimum atomic E-state index is -0.249. The van der Waals surface area contributed by atoms with Crippen molar-refractivity contribution in [1.82, 2.24) is 15.4 Å². The molecule has 1 atom stereocenters. The molecule has 126 valence electrons. The zero-order valence-corrected chi connectivity index (χ0v) is 14.0. The van der Waals surface area contributed by atoms with Crippen LogP contribution < -0.4 is 10.1 Å². The quantitative estimate of drug-likeness (QED) is 0.756. The molecule has 0 saturated carbocycles. The Hall–Kier alpha value is -2.86. The van der Waals surface area contributed by atoms with E-state index in [0.717, 1.165) is 28.3 Å². The largest absolute Gasteiger partial charge is 0.492 e. The van der Waals surface area contributed by atoms with Gasteiger partial charge in [0, 0.05) is 16.3 Å². The Bertz CT molecular complexity index is 894. The molecular formula is C18H15ClN4O2. The molecule has 1 amide bonds. The molecule has 0 radical (unpaired) electrons. The summed E-state index contributed by atoms with van der Waals surface area (Å²) in [5, 5.41) is 14.0. The molecule has 1 unspecified atom stereocenters. The zero-order valence-electron chi connectivity index (χ0n) is 13.2. The van der Waals surface area contributed by atoms with Gasteiger partial charge in [0.05, 0.1) is 12.1 Å². The van der Waals surface area contributed by atoms with E-state index in [1.54, 1.807) is 12.3 Å². The van der Waals surface area contributed by atoms with Crippen molar-refractivity contribution in [2.45, 2.75) is 6.42 Å². The average Bonchev–Trinajstić information content (AvgIpc) is 3.16. The van der Waals surface area contributed by atoms with E-state index in [0.29, 0.717) is 18.1 Å². The highest BCUT2D eigenvalue weighted by molar-refractivity contribution is 6.30. The number of aromatic nitrogens is 3. The first-order valence-corrected chi connectivity index (χ1v) is 8.25. The van der Waals surface area contributed by atoms with Crippen molar-refractivity contribution in [2.24, 2.45) is 5.92 Å². The second-order valence-corrected chi connectivity index (χ2v) is 6.32. The number of halogens is 1. The van der Waals surface area contributed by atoms with Crippen LogP contribution in [0, 0.1) is 5.92 Å². The monoisotopic (exact) mass is 354 g/mol. The molecule has 2 heterocycles. The molecule has 1 aliphatic heterocycles. The summed E-state index contributed by atoms with van der Waals surface area (Å²) in [4.78, 5) is 12.5. The van der Waals surface area contributed by atoms with Crippen LogP contribution in [0.25, 0.3) is 11.3 Å². The summed E-state index contributed by atoms with van der Waals surface area (Å²) in [6.07, 6.45) is 2.26. The lowest BCUT2D eigenvalue weighted by Gasteiger charge is -2.24. The van der Waals surface area contributed by atoms with Gasteiger partial charge in [0.15, 0.2) is 0 Å². The van der Waals surface area contributed by atoms with Crippen molar-refractivity contribution in [3.05, 3.63) is 59.2 Å². The molecule has 0 aliphatic carbocycles. The fourth-order valence-corrected chi connectivity index (χ4v) is 3.04. The van der Waals surface area contributed by atoms with E-state index in [9.17, 15) is 4.79 Å². The molecule has 4 rings (SSSR count). The van der Waals surface area contributed by atoms with Crippen LogP contribution >= 0.6 is 11.6 Å². The highest BCUT2D eigenvalue weighted by Gasteiger charge is 2.26. The summed E-state index contributed by atoms with van der Waals surface area (Å²) < 4.78 is 5.68. The number of rotatable bonds is 3. The first-order chi connectivity index (χ1) is 12.2. The first-order valence-electron chi connectivity index (χ1n) is 7.87. The Kier molecular flexibility index (Phi) is 4.11. The normalized spacial score (nSPS) is 16.0. The van der Waals surface area contributed by atoms with Gasteiger partial charge in [-0.15, -0.1) is 0 Å². The SMILES string of the molecule is O=C(Nc1ccc(-c2cn[nH]n2)cc1)C1COc2ccc(Cl)cc2C1. The van der Waals surface area contributed by atoms with E-state index in [-0.39, 0.29) is 11.8 Å². The third-order valence-corrected chi connectivity index (χ3v) is 4.40. The van der Waals surface area contributed by atoms with E-state index < -0.39 is 0 Å². The van der Waals surface area contributed by atoms with Gasteiger partial charge in [0.1, 0.15) is 18.1 Å². The number of carbonyl (C=O) groups excluding carboxylic acids is 1. The highest BCUT2D eigenvalue weighted by Crippen LogP contribution is 2.30. The van der Waals surface area contributed by atoms with Crippen LogP contribution in [0.1, 0.15) is 5.56 Å². The zero-order chi connectivity index (χ0) is 17.2. The smallest absolute Gasteiger partial charge is 0.231 e. The van der Waals surface area contributed by atoms with Gasteiger partial charge in [-0.2, -0.15) is 15.4 Å². The number of fused-ring (bicyclic) bond motifs is 1. The fraction of sp³-hybridized carbons (Fsp3) is 0.167. The number of nitrogens with zero attached hydrogens (tertiary/aromatic N) is 2. The number of nitrogens with one attached hydrogen (secondary N) is 2. The molecule has 0 spiro atoms. The number of anilines is 1. The van der Waals surface area contributed by atoms with Crippen LogP contribution in [-0.4, -0.2) is 27.9 Å². The summed E-state index contributed by atoms with van der Waals surface area (Å²) in [7, 11) is 0. The lowest BCUT2D eigenvalue weighted by Crippen LogP contribution is -2.32. The van der Waals surface area contributed by atoms with Gasteiger partial charge in [0.25, 0.3) is 0 Å². The maximum atomic E-state index is 12.5. The highest BCUT2D eigenvalue weighted by atomic mass is 35.5. The van der Waals surface area contributed by atoms with Gasteiger partial charge in [-0.3, -0.25) is 4.79 Å². The number of benzene rings is 2. The molecule has 1 aliphatic rings. The lowest BCUT2D eigenvalue weighted by molar-refractivity contribution is -0.121. The molecule has 1 aromatic heterocycles. The Morgan fingerprint density at radius 3 is 2.84 bits per heavy atom. The molecule has 7 heteroatoms. The molecule has 2 N–H and O–H groups in total. The van der Waals surface area contributed by atoms with E-state index in [2.05, 4.69) is 20.7 Å². The minimum absolute atomic E-state index is 0.0696. The molecule has 0 bridgehead atoms. The fourth-order valence-electron chi connectivity index (χ4n) is 2.84. The van der Waals surface area contributed by atoms with Crippen molar-refractivity contribution in [3.8, 4) is 17.0 Å². The third-order valence-electron chi connectivity index (χ3n) is 4.16. The third kappa shape index (κ3) is 3.34. The number of ether oxygens (including phenoxy) is 1. The van der Waals surface area contributed by atoms with Crippen molar-refractivity contribution in [1.29, 1.82) is 0 Å². The molecule has 0 fully saturated rings. The molecule has 0 saturated heterocycles.